The SMILES string of the molecule is CCCCCCC(C)CC(=O)NCCC(C)(C)OCCC(C)(C)OCCN. The third-order valence-corrected chi connectivity index (χ3v) is 4.94. The molecule has 27 heavy (non-hydrogen) atoms. The first-order chi connectivity index (χ1) is 12.6. The maximum atomic E-state index is 12.1. The van der Waals surface area contributed by atoms with Gasteiger partial charge in [-0.3, -0.25) is 4.79 Å². The molecule has 0 aliphatic carbocycles. The summed E-state index contributed by atoms with van der Waals surface area (Å²) in [4.78, 5) is 12.1. The number of hydrogen-bond acceptors (Lipinski definition) is 4. The van der Waals surface area contributed by atoms with Gasteiger partial charge < -0.3 is 20.5 Å². The van der Waals surface area contributed by atoms with Gasteiger partial charge in [-0.05, 0) is 46.5 Å². The molecule has 1 unspecified atom stereocenters. The molecule has 0 fully saturated rings. The van der Waals surface area contributed by atoms with Gasteiger partial charge in [-0.15, -0.1) is 0 Å². The van der Waals surface area contributed by atoms with E-state index in [1.165, 1.54) is 25.7 Å². The van der Waals surface area contributed by atoms with Crippen LogP contribution in [0.1, 0.15) is 92.9 Å². The molecule has 0 radical (unpaired) electrons. The van der Waals surface area contributed by atoms with Crippen molar-refractivity contribution in [2.45, 2.75) is 104 Å². The lowest BCUT2D eigenvalue weighted by molar-refractivity contribution is -0.122. The Bertz CT molecular complexity index is 384. The molecule has 3 N–H and O–H groups in total. The van der Waals surface area contributed by atoms with Crippen LogP contribution in [-0.4, -0.2) is 43.4 Å². The standard InChI is InChI=1S/C22H46N2O3/c1-7-8-9-10-11-19(2)18-20(25)24-15-12-21(3,4)26-16-13-22(5,6)27-17-14-23/h19H,7-18,23H2,1-6H3,(H,24,25). The highest BCUT2D eigenvalue weighted by Crippen LogP contribution is 2.19. The lowest BCUT2D eigenvalue weighted by Gasteiger charge is -2.29. The maximum Gasteiger partial charge on any atom is 0.220 e. The van der Waals surface area contributed by atoms with Crippen molar-refractivity contribution in [2.75, 3.05) is 26.3 Å². The molecule has 5 nitrogen and oxygen atoms in total. The van der Waals surface area contributed by atoms with E-state index in [1.807, 2.05) is 0 Å². The minimum atomic E-state index is -0.261. The first kappa shape index (κ1) is 26.4. The zero-order valence-corrected chi connectivity index (χ0v) is 18.9. The van der Waals surface area contributed by atoms with E-state index >= 15 is 0 Å². The van der Waals surface area contributed by atoms with Crippen molar-refractivity contribution in [1.29, 1.82) is 0 Å². The summed E-state index contributed by atoms with van der Waals surface area (Å²) >= 11 is 0. The van der Waals surface area contributed by atoms with Gasteiger partial charge in [-0.2, -0.15) is 0 Å². The maximum absolute atomic E-state index is 12.1. The molecule has 5 heteroatoms. The van der Waals surface area contributed by atoms with Crippen LogP contribution in [0.15, 0.2) is 0 Å². The summed E-state index contributed by atoms with van der Waals surface area (Å²) < 4.78 is 11.7. The Hall–Kier alpha value is -0.650. The molecule has 0 saturated heterocycles. The number of amides is 1. The van der Waals surface area contributed by atoms with E-state index in [0.29, 0.717) is 38.6 Å². The Labute approximate surface area is 168 Å². The van der Waals surface area contributed by atoms with E-state index in [2.05, 4.69) is 46.9 Å². The smallest absolute Gasteiger partial charge is 0.220 e. The summed E-state index contributed by atoms with van der Waals surface area (Å²) in [6.07, 6.45) is 8.45. The summed E-state index contributed by atoms with van der Waals surface area (Å²) in [5.74, 6) is 0.618. The van der Waals surface area contributed by atoms with Crippen LogP contribution in [0, 0.1) is 5.92 Å². The number of carbonyl (C=O) groups excluding carboxylic acids is 1. The number of hydrogen-bond donors (Lipinski definition) is 2. The predicted molar refractivity (Wildman–Crippen MR) is 114 cm³/mol. The van der Waals surface area contributed by atoms with Crippen LogP contribution >= 0.6 is 0 Å². The van der Waals surface area contributed by atoms with Crippen LogP contribution in [0.2, 0.25) is 0 Å². The van der Waals surface area contributed by atoms with Crippen LogP contribution in [0.5, 0.6) is 0 Å². The van der Waals surface area contributed by atoms with Crippen molar-refractivity contribution in [1.82, 2.24) is 5.32 Å². The van der Waals surface area contributed by atoms with Crippen molar-refractivity contribution in [3.63, 3.8) is 0 Å². The average Bonchev–Trinajstić information content (AvgIpc) is 2.56. The lowest BCUT2D eigenvalue weighted by atomic mass is 9.99. The van der Waals surface area contributed by atoms with Crippen molar-refractivity contribution < 1.29 is 14.3 Å². The highest BCUT2D eigenvalue weighted by molar-refractivity contribution is 5.76. The third-order valence-electron chi connectivity index (χ3n) is 4.94. The summed E-state index contributed by atoms with van der Waals surface area (Å²) in [5, 5.41) is 3.05. The minimum Gasteiger partial charge on any atom is -0.375 e. The Balaban J connectivity index is 3.91. The largest absolute Gasteiger partial charge is 0.375 e. The fourth-order valence-corrected chi connectivity index (χ4v) is 2.97. The van der Waals surface area contributed by atoms with Gasteiger partial charge in [-0.25, -0.2) is 0 Å². The molecule has 0 aliphatic heterocycles. The number of unbranched alkanes of at least 4 members (excludes halogenated alkanes) is 3. The molecule has 0 aromatic heterocycles. The minimum absolute atomic E-state index is 0.158. The fourth-order valence-electron chi connectivity index (χ4n) is 2.97. The Morgan fingerprint density at radius 2 is 1.63 bits per heavy atom. The van der Waals surface area contributed by atoms with E-state index in [4.69, 9.17) is 15.2 Å². The molecule has 0 aromatic carbocycles. The van der Waals surface area contributed by atoms with Gasteiger partial charge in [0.15, 0.2) is 0 Å². The zero-order valence-electron chi connectivity index (χ0n) is 18.9. The topological polar surface area (TPSA) is 73.6 Å². The molecule has 162 valence electrons. The van der Waals surface area contributed by atoms with E-state index in [9.17, 15) is 4.79 Å². The van der Waals surface area contributed by atoms with Crippen LogP contribution in [0.4, 0.5) is 0 Å². The fraction of sp³-hybridized carbons (Fsp3) is 0.955. The second-order valence-electron chi connectivity index (χ2n) is 9.01. The first-order valence-corrected chi connectivity index (χ1v) is 10.9. The quantitative estimate of drug-likeness (QED) is 0.363. The molecule has 0 heterocycles. The third kappa shape index (κ3) is 16.0. The molecule has 1 amide bonds. The van der Waals surface area contributed by atoms with Gasteiger partial charge >= 0.3 is 0 Å². The molecule has 0 spiro atoms. The second-order valence-corrected chi connectivity index (χ2v) is 9.01. The van der Waals surface area contributed by atoms with Gasteiger partial charge in [0.25, 0.3) is 0 Å². The number of nitrogens with one attached hydrogen (secondary N) is 1. The number of carbonyl (C=O) groups is 1. The van der Waals surface area contributed by atoms with Crippen LogP contribution < -0.4 is 11.1 Å². The lowest BCUT2D eigenvalue weighted by Crippen LogP contribution is -2.35. The average molecular weight is 387 g/mol. The molecule has 0 saturated carbocycles. The van der Waals surface area contributed by atoms with Gasteiger partial charge in [0, 0.05) is 19.5 Å². The van der Waals surface area contributed by atoms with Crippen LogP contribution in [0.3, 0.4) is 0 Å². The van der Waals surface area contributed by atoms with Crippen molar-refractivity contribution >= 4 is 5.91 Å². The Morgan fingerprint density at radius 3 is 2.26 bits per heavy atom. The van der Waals surface area contributed by atoms with Crippen molar-refractivity contribution in [3.8, 4) is 0 Å². The molecule has 0 aliphatic rings. The highest BCUT2D eigenvalue weighted by Gasteiger charge is 2.22. The van der Waals surface area contributed by atoms with E-state index in [0.717, 1.165) is 19.3 Å². The van der Waals surface area contributed by atoms with Gasteiger partial charge in [0.1, 0.15) is 0 Å². The molecule has 0 bridgehead atoms. The van der Waals surface area contributed by atoms with Crippen LogP contribution in [-0.2, 0) is 14.3 Å². The van der Waals surface area contributed by atoms with E-state index in [-0.39, 0.29) is 17.1 Å². The molecule has 0 aromatic rings. The molecule has 1 atom stereocenters. The molecular weight excluding hydrogens is 340 g/mol. The second kappa shape index (κ2) is 14.4. The number of ether oxygens (including phenoxy) is 2. The summed E-state index contributed by atoms with van der Waals surface area (Å²) in [7, 11) is 0. The van der Waals surface area contributed by atoms with Gasteiger partial charge in [-0.1, -0.05) is 46.0 Å². The highest BCUT2D eigenvalue weighted by atomic mass is 16.5. The normalized spacial score (nSPS) is 13.6. The van der Waals surface area contributed by atoms with Crippen LogP contribution in [0.25, 0.3) is 0 Å². The van der Waals surface area contributed by atoms with E-state index < -0.39 is 0 Å². The molecular formula is C22H46N2O3. The summed E-state index contributed by atoms with van der Waals surface area (Å²) in [6, 6.07) is 0. The van der Waals surface area contributed by atoms with E-state index in [1.54, 1.807) is 0 Å². The number of rotatable bonds is 17. The Morgan fingerprint density at radius 1 is 1.00 bits per heavy atom. The Kier molecular flexibility index (Phi) is 14.0. The first-order valence-electron chi connectivity index (χ1n) is 10.9. The number of nitrogens with two attached hydrogens (primary N) is 1. The summed E-state index contributed by atoms with van der Waals surface area (Å²) in [6.45, 7) is 15.0. The molecule has 0 rings (SSSR count). The van der Waals surface area contributed by atoms with Crippen molar-refractivity contribution in [3.05, 3.63) is 0 Å². The van der Waals surface area contributed by atoms with Gasteiger partial charge in [0.2, 0.25) is 5.91 Å². The zero-order chi connectivity index (χ0) is 20.8. The monoisotopic (exact) mass is 386 g/mol. The predicted octanol–water partition coefficient (Wildman–Crippen LogP) is 4.43. The summed E-state index contributed by atoms with van der Waals surface area (Å²) in [5.41, 5.74) is 5.00. The van der Waals surface area contributed by atoms with Crippen molar-refractivity contribution in [2.24, 2.45) is 11.7 Å². The van der Waals surface area contributed by atoms with Gasteiger partial charge in [0.05, 0.1) is 24.4 Å².